The van der Waals surface area contributed by atoms with Crippen molar-refractivity contribution in [2.45, 2.75) is 83.5 Å². The number of rotatable bonds is 9. The monoisotopic (exact) mass is 417 g/mol. The Morgan fingerprint density at radius 2 is 1.68 bits per heavy atom. The Hall–Kier alpha value is -2.42. The molecule has 0 radical (unpaired) electrons. The molecule has 0 heterocycles. The maximum Gasteiger partial charge on any atom is 0.210 e. The van der Waals surface area contributed by atoms with Crippen LogP contribution in [0.3, 0.4) is 0 Å². The van der Waals surface area contributed by atoms with Gasteiger partial charge in [0.05, 0.1) is 0 Å². The van der Waals surface area contributed by atoms with Gasteiger partial charge in [-0.25, -0.2) is 0 Å². The molecule has 1 fully saturated rings. The Balaban J connectivity index is 1.68. The van der Waals surface area contributed by atoms with Gasteiger partial charge in [-0.3, -0.25) is 4.79 Å². The van der Waals surface area contributed by atoms with E-state index in [4.69, 9.17) is 0 Å². The minimum atomic E-state index is -0.124. The van der Waals surface area contributed by atoms with Crippen molar-refractivity contribution in [3.8, 4) is 11.1 Å². The van der Waals surface area contributed by atoms with Crippen molar-refractivity contribution in [3.05, 3.63) is 59.2 Å². The lowest BCUT2D eigenvalue weighted by Gasteiger charge is -2.32. The largest absolute Gasteiger partial charge is 0.411 e. The lowest BCUT2D eigenvalue weighted by molar-refractivity contribution is 0.105. The number of oxime groups is 1. The van der Waals surface area contributed by atoms with Gasteiger partial charge in [-0.1, -0.05) is 93.9 Å². The van der Waals surface area contributed by atoms with E-state index in [0.29, 0.717) is 23.6 Å². The fraction of sp³-hybridized carbons (Fsp3) is 0.500. The van der Waals surface area contributed by atoms with Crippen LogP contribution in [0.15, 0.2) is 47.6 Å². The highest BCUT2D eigenvalue weighted by Crippen LogP contribution is 2.53. The van der Waals surface area contributed by atoms with Crippen LogP contribution in [-0.4, -0.2) is 16.7 Å². The van der Waals surface area contributed by atoms with Crippen LogP contribution in [0.4, 0.5) is 0 Å². The van der Waals surface area contributed by atoms with Crippen molar-refractivity contribution in [2.24, 2.45) is 11.1 Å². The summed E-state index contributed by atoms with van der Waals surface area (Å²) in [5, 5.41) is 13.0. The van der Waals surface area contributed by atoms with E-state index in [9.17, 15) is 10.0 Å². The predicted octanol–water partition coefficient (Wildman–Crippen LogP) is 7.54. The van der Waals surface area contributed by atoms with E-state index in [1.807, 2.05) is 6.07 Å². The molecule has 2 aromatic carbocycles. The number of carbonyl (C=O) groups is 1. The molecule has 3 heteroatoms. The van der Waals surface area contributed by atoms with Gasteiger partial charge >= 0.3 is 0 Å². The molecule has 4 rings (SSSR count). The van der Waals surface area contributed by atoms with Gasteiger partial charge in [-0.05, 0) is 59.9 Å². The van der Waals surface area contributed by atoms with Gasteiger partial charge in [0.1, 0.15) is 5.71 Å². The Labute approximate surface area is 186 Å². The predicted molar refractivity (Wildman–Crippen MR) is 127 cm³/mol. The molecule has 1 N–H and O–H groups in total. The summed E-state index contributed by atoms with van der Waals surface area (Å²) < 4.78 is 0. The maximum atomic E-state index is 13.3. The summed E-state index contributed by atoms with van der Waals surface area (Å²) in [5.74, 6) is 0.543. The first-order valence-corrected chi connectivity index (χ1v) is 12.1. The molecule has 2 aliphatic carbocycles. The highest BCUT2D eigenvalue weighted by atomic mass is 16.4. The molecule has 2 aliphatic rings. The van der Waals surface area contributed by atoms with Gasteiger partial charge in [0.25, 0.3) is 0 Å². The smallest absolute Gasteiger partial charge is 0.210 e. The Kier molecular flexibility index (Phi) is 6.60. The number of Topliss-reactive ketones (excluding diaryl/α,β-unsaturated/α-hetero) is 1. The molecule has 2 aromatic rings. The van der Waals surface area contributed by atoms with E-state index in [1.54, 1.807) is 0 Å². The highest BCUT2D eigenvalue weighted by Gasteiger charge is 2.42. The molecule has 0 aromatic heterocycles. The Bertz CT molecular complexity index is 963. The molecule has 0 bridgehead atoms. The fourth-order valence-corrected chi connectivity index (χ4v) is 6.13. The van der Waals surface area contributed by atoms with Crippen molar-refractivity contribution in [2.75, 3.05) is 0 Å². The van der Waals surface area contributed by atoms with E-state index in [0.717, 1.165) is 32.1 Å². The molecule has 0 unspecified atom stereocenters. The first kappa shape index (κ1) is 21.8. The van der Waals surface area contributed by atoms with Gasteiger partial charge in [0.15, 0.2) is 0 Å². The second kappa shape index (κ2) is 9.38. The number of nitrogens with zero attached hydrogens (tertiary/aromatic N) is 1. The molecule has 164 valence electrons. The lowest BCUT2D eigenvalue weighted by Crippen LogP contribution is -2.25. The molecular weight excluding hydrogens is 382 g/mol. The molecule has 0 atom stereocenters. The number of carbonyl (C=O) groups excluding carboxylic acids is 1. The van der Waals surface area contributed by atoms with E-state index < -0.39 is 0 Å². The summed E-state index contributed by atoms with van der Waals surface area (Å²) in [5.41, 5.74) is 6.15. The first-order chi connectivity index (χ1) is 15.1. The third-order valence-electron chi connectivity index (χ3n) is 7.53. The van der Waals surface area contributed by atoms with Crippen LogP contribution >= 0.6 is 0 Å². The van der Waals surface area contributed by atoms with Gasteiger partial charge in [0, 0.05) is 11.0 Å². The maximum absolute atomic E-state index is 13.3. The zero-order valence-electron chi connectivity index (χ0n) is 19.0. The summed E-state index contributed by atoms with van der Waals surface area (Å²) in [6, 6.07) is 14.9. The Morgan fingerprint density at radius 1 is 1.00 bits per heavy atom. The zero-order chi connectivity index (χ0) is 21.8. The molecule has 0 aliphatic heterocycles. The van der Waals surface area contributed by atoms with Crippen molar-refractivity contribution in [3.63, 3.8) is 0 Å². The third-order valence-corrected chi connectivity index (χ3v) is 7.53. The highest BCUT2D eigenvalue weighted by molar-refractivity contribution is 6.45. The van der Waals surface area contributed by atoms with Crippen LogP contribution in [0.1, 0.15) is 99.5 Å². The average Bonchev–Trinajstić information content (AvgIpc) is 3.40. The molecule has 0 saturated heterocycles. The summed E-state index contributed by atoms with van der Waals surface area (Å²) >= 11 is 0. The van der Waals surface area contributed by atoms with Crippen LogP contribution in [-0.2, 0) is 5.41 Å². The topological polar surface area (TPSA) is 49.7 Å². The summed E-state index contributed by atoms with van der Waals surface area (Å²) in [6.45, 7) is 4.49. The van der Waals surface area contributed by atoms with Crippen LogP contribution in [0.5, 0.6) is 0 Å². The van der Waals surface area contributed by atoms with Crippen LogP contribution in [0.25, 0.3) is 11.1 Å². The van der Waals surface area contributed by atoms with E-state index in [1.165, 1.54) is 47.9 Å². The van der Waals surface area contributed by atoms with Crippen LogP contribution in [0.2, 0.25) is 0 Å². The average molecular weight is 418 g/mol. The van der Waals surface area contributed by atoms with Crippen molar-refractivity contribution in [1.29, 1.82) is 0 Å². The first-order valence-electron chi connectivity index (χ1n) is 12.1. The summed E-state index contributed by atoms with van der Waals surface area (Å²) in [6.07, 6.45) is 10.9. The molecule has 0 spiro atoms. The fourth-order valence-electron chi connectivity index (χ4n) is 6.13. The van der Waals surface area contributed by atoms with Crippen LogP contribution < -0.4 is 0 Å². The standard InChI is InChI=1S/C28H35NO2/c1-3-17-28(18-4-2)24-12-8-7-11-22(24)23-15-14-21(19-25(23)28)27(30)26(29-31)16-13-20-9-5-6-10-20/h7-8,11-12,14-15,19-20,31H,3-6,9-10,13,16-18H2,1-2H3. The van der Waals surface area contributed by atoms with Crippen LogP contribution in [0, 0.1) is 5.92 Å². The molecule has 31 heavy (non-hydrogen) atoms. The second-order valence-electron chi connectivity index (χ2n) is 9.45. The number of benzene rings is 2. The minimum Gasteiger partial charge on any atom is -0.411 e. The quantitative estimate of drug-likeness (QED) is 0.198. The number of fused-ring (bicyclic) bond motifs is 3. The minimum absolute atomic E-state index is 0.0356. The van der Waals surface area contributed by atoms with Gasteiger partial charge in [-0.15, -0.1) is 0 Å². The van der Waals surface area contributed by atoms with Gasteiger partial charge < -0.3 is 5.21 Å². The number of ketones is 1. The second-order valence-corrected chi connectivity index (χ2v) is 9.45. The van der Waals surface area contributed by atoms with Gasteiger partial charge in [0.2, 0.25) is 5.78 Å². The van der Waals surface area contributed by atoms with Crippen molar-refractivity contribution >= 4 is 11.5 Å². The van der Waals surface area contributed by atoms with Gasteiger partial charge in [-0.2, -0.15) is 0 Å². The molecular formula is C28H35NO2. The third kappa shape index (κ3) is 3.95. The summed E-state index contributed by atoms with van der Waals surface area (Å²) in [4.78, 5) is 13.3. The number of hydrogen-bond donors (Lipinski definition) is 1. The van der Waals surface area contributed by atoms with E-state index >= 15 is 0 Å². The molecule has 1 saturated carbocycles. The molecule has 3 nitrogen and oxygen atoms in total. The van der Waals surface area contributed by atoms with E-state index in [-0.39, 0.29) is 11.2 Å². The van der Waals surface area contributed by atoms with Crippen molar-refractivity contribution in [1.82, 2.24) is 0 Å². The summed E-state index contributed by atoms with van der Waals surface area (Å²) in [7, 11) is 0. The molecule has 0 amide bonds. The lowest BCUT2D eigenvalue weighted by atomic mass is 9.71. The number of hydrogen-bond acceptors (Lipinski definition) is 3. The van der Waals surface area contributed by atoms with Crippen molar-refractivity contribution < 1.29 is 10.0 Å². The SMILES string of the molecule is CCCC1(CCC)c2ccccc2-c2ccc(C(=O)C(CCC3CCCC3)=NO)cc21. The Morgan fingerprint density at radius 3 is 2.35 bits per heavy atom. The van der Waals surface area contributed by atoms with E-state index in [2.05, 4.69) is 55.4 Å². The normalized spacial score (nSPS) is 17.5. The zero-order valence-corrected chi connectivity index (χ0v) is 19.0.